The molecule has 0 bridgehead atoms. The summed E-state index contributed by atoms with van der Waals surface area (Å²) in [5.74, 6) is -0.851. The van der Waals surface area contributed by atoms with Gasteiger partial charge in [0.1, 0.15) is 0 Å². The van der Waals surface area contributed by atoms with Crippen LogP contribution in [0.5, 0.6) is 0 Å². The number of esters is 1. The number of hydrogen-bond acceptors (Lipinski definition) is 5. The van der Waals surface area contributed by atoms with Crippen LogP contribution in [0.25, 0.3) is 5.69 Å². The van der Waals surface area contributed by atoms with Gasteiger partial charge in [0.15, 0.2) is 5.69 Å². The van der Waals surface area contributed by atoms with Crippen molar-refractivity contribution in [3.05, 3.63) is 51.9 Å². The third kappa shape index (κ3) is 4.56. The fraction of sp³-hybridized carbons (Fsp3) is 0.368. The molecule has 0 fully saturated rings. The number of carbonyl (C=O) groups excluding carboxylic acids is 2. The minimum atomic E-state index is -0.699. The zero-order chi connectivity index (χ0) is 19.3. The Labute approximate surface area is 152 Å². The Morgan fingerprint density at radius 2 is 1.96 bits per heavy atom. The highest BCUT2D eigenvalue weighted by molar-refractivity contribution is 5.99. The number of anilines is 1. The van der Waals surface area contributed by atoms with Crippen molar-refractivity contribution in [2.24, 2.45) is 5.92 Å². The maximum atomic E-state index is 12.5. The molecule has 7 nitrogen and oxygen atoms in total. The van der Waals surface area contributed by atoms with Gasteiger partial charge in [-0.2, -0.15) is 9.78 Å². The highest BCUT2D eigenvalue weighted by Crippen LogP contribution is 2.16. The van der Waals surface area contributed by atoms with Crippen molar-refractivity contribution in [3.8, 4) is 5.69 Å². The molecule has 0 saturated heterocycles. The molecule has 2 aromatic rings. The third-order valence-corrected chi connectivity index (χ3v) is 3.61. The summed E-state index contributed by atoms with van der Waals surface area (Å²) in [6, 6.07) is 8.39. The number of hydrogen-bond donors (Lipinski definition) is 1. The first-order valence-corrected chi connectivity index (χ1v) is 8.50. The number of nitrogens with one attached hydrogen (secondary N) is 1. The van der Waals surface area contributed by atoms with Gasteiger partial charge in [0, 0.05) is 12.5 Å². The van der Waals surface area contributed by atoms with Gasteiger partial charge in [0.2, 0.25) is 5.91 Å². The van der Waals surface area contributed by atoms with E-state index in [1.807, 2.05) is 32.9 Å². The molecule has 0 aliphatic rings. The van der Waals surface area contributed by atoms with Crippen molar-refractivity contribution in [2.75, 3.05) is 11.9 Å². The van der Waals surface area contributed by atoms with E-state index in [1.165, 1.54) is 6.07 Å². The summed E-state index contributed by atoms with van der Waals surface area (Å²) in [7, 11) is 0. The molecule has 138 valence electrons. The summed E-state index contributed by atoms with van der Waals surface area (Å²) in [5.41, 5.74) is 0.888. The zero-order valence-electron chi connectivity index (χ0n) is 15.4. The highest BCUT2D eigenvalue weighted by atomic mass is 16.5. The van der Waals surface area contributed by atoms with Gasteiger partial charge in [0.05, 0.1) is 18.0 Å². The number of aromatic nitrogens is 2. The number of benzene rings is 1. The summed E-state index contributed by atoms with van der Waals surface area (Å²) < 4.78 is 6.16. The van der Waals surface area contributed by atoms with Crippen LogP contribution in [-0.4, -0.2) is 28.3 Å². The van der Waals surface area contributed by atoms with E-state index in [0.717, 1.165) is 10.2 Å². The van der Waals surface area contributed by atoms with Crippen molar-refractivity contribution in [1.29, 1.82) is 0 Å². The van der Waals surface area contributed by atoms with Crippen molar-refractivity contribution >= 4 is 17.6 Å². The average molecular weight is 357 g/mol. The minimum absolute atomic E-state index is 0.0592. The quantitative estimate of drug-likeness (QED) is 0.803. The molecular formula is C19H23N3O4. The van der Waals surface area contributed by atoms with Crippen LogP contribution in [0.4, 0.5) is 5.69 Å². The molecule has 26 heavy (non-hydrogen) atoms. The molecule has 1 aromatic heterocycles. The van der Waals surface area contributed by atoms with Gasteiger partial charge < -0.3 is 10.1 Å². The smallest absolute Gasteiger partial charge is 0.360 e. The number of rotatable bonds is 6. The Balaban J connectivity index is 2.54. The minimum Gasteiger partial charge on any atom is -0.461 e. The SMILES string of the molecule is CCOC(=O)c1nn(-c2ccccc2C)c(=O)cc1NC(=O)CC(C)C. The normalized spacial score (nSPS) is 10.7. The van der Waals surface area contributed by atoms with Gasteiger partial charge >= 0.3 is 5.97 Å². The van der Waals surface area contributed by atoms with Crippen molar-refractivity contribution in [2.45, 2.75) is 34.1 Å². The second-order valence-electron chi connectivity index (χ2n) is 6.31. The Kier molecular flexibility index (Phi) is 6.27. The van der Waals surface area contributed by atoms with Gasteiger partial charge in [-0.25, -0.2) is 4.79 Å². The second-order valence-corrected chi connectivity index (χ2v) is 6.31. The first-order chi connectivity index (χ1) is 12.3. The van der Waals surface area contributed by atoms with Crippen molar-refractivity contribution in [1.82, 2.24) is 9.78 Å². The number of amides is 1. The lowest BCUT2D eigenvalue weighted by Gasteiger charge is -2.14. The molecule has 1 heterocycles. The van der Waals surface area contributed by atoms with E-state index in [4.69, 9.17) is 4.74 Å². The van der Waals surface area contributed by atoms with E-state index >= 15 is 0 Å². The Morgan fingerprint density at radius 1 is 1.27 bits per heavy atom. The van der Waals surface area contributed by atoms with E-state index in [9.17, 15) is 14.4 Å². The fourth-order valence-corrected chi connectivity index (χ4v) is 2.45. The molecule has 0 aliphatic heterocycles. The molecule has 1 aromatic carbocycles. The number of nitrogens with zero attached hydrogens (tertiary/aromatic N) is 2. The Bertz CT molecular complexity index is 871. The molecule has 0 aliphatic carbocycles. The molecule has 0 unspecified atom stereocenters. The fourth-order valence-electron chi connectivity index (χ4n) is 2.45. The third-order valence-electron chi connectivity index (χ3n) is 3.61. The van der Waals surface area contributed by atoms with Gasteiger partial charge in [-0.3, -0.25) is 9.59 Å². The van der Waals surface area contributed by atoms with Crippen LogP contribution in [0.1, 0.15) is 43.2 Å². The number of carbonyl (C=O) groups is 2. The topological polar surface area (TPSA) is 90.3 Å². The summed E-state index contributed by atoms with van der Waals surface area (Å²) in [6.45, 7) is 7.47. The van der Waals surface area contributed by atoms with E-state index < -0.39 is 11.5 Å². The maximum absolute atomic E-state index is 12.5. The first kappa shape index (κ1) is 19.4. The van der Waals surface area contributed by atoms with E-state index in [1.54, 1.807) is 19.1 Å². The predicted molar refractivity (Wildman–Crippen MR) is 98.6 cm³/mol. The summed E-state index contributed by atoms with van der Waals surface area (Å²) >= 11 is 0. The van der Waals surface area contributed by atoms with Gasteiger partial charge in [-0.15, -0.1) is 0 Å². The first-order valence-electron chi connectivity index (χ1n) is 8.50. The van der Waals surface area contributed by atoms with Gasteiger partial charge in [-0.1, -0.05) is 32.0 Å². The van der Waals surface area contributed by atoms with E-state index in [-0.39, 0.29) is 36.2 Å². The standard InChI is InChI=1S/C19H23N3O4/c1-5-26-19(25)18-14(20-16(23)10-12(2)3)11-17(24)22(21-18)15-9-7-6-8-13(15)4/h6-9,11-12H,5,10H2,1-4H3,(H,20,23). The van der Waals surface area contributed by atoms with Crippen LogP contribution < -0.4 is 10.9 Å². The molecule has 0 atom stereocenters. The zero-order valence-corrected chi connectivity index (χ0v) is 15.4. The van der Waals surface area contributed by atoms with Crippen molar-refractivity contribution < 1.29 is 14.3 Å². The number of aryl methyl sites for hydroxylation is 1. The second kappa shape index (κ2) is 8.42. The molecule has 2 rings (SSSR count). The molecular weight excluding hydrogens is 334 g/mol. The van der Waals surface area contributed by atoms with Crippen LogP contribution in [0.2, 0.25) is 0 Å². The molecule has 0 spiro atoms. The highest BCUT2D eigenvalue weighted by Gasteiger charge is 2.20. The molecule has 7 heteroatoms. The summed E-state index contributed by atoms with van der Waals surface area (Å²) in [4.78, 5) is 36.9. The van der Waals surface area contributed by atoms with E-state index in [2.05, 4.69) is 10.4 Å². The Morgan fingerprint density at radius 3 is 2.58 bits per heavy atom. The van der Waals surface area contributed by atoms with Crippen molar-refractivity contribution in [3.63, 3.8) is 0 Å². The molecule has 1 N–H and O–H groups in total. The average Bonchev–Trinajstić information content (AvgIpc) is 2.55. The summed E-state index contributed by atoms with van der Waals surface area (Å²) in [6.07, 6.45) is 0.267. The molecule has 0 radical (unpaired) electrons. The predicted octanol–water partition coefficient (Wildman–Crippen LogP) is 2.70. The lowest BCUT2D eigenvalue weighted by atomic mass is 10.1. The van der Waals surface area contributed by atoms with Crippen LogP contribution in [0, 0.1) is 12.8 Å². The molecule has 1 amide bonds. The number of ether oxygens (including phenoxy) is 1. The number of para-hydroxylation sites is 1. The summed E-state index contributed by atoms with van der Waals surface area (Å²) in [5, 5.41) is 6.77. The van der Waals surface area contributed by atoms with Crippen LogP contribution in [0.15, 0.2) is 35.1 Å². The van der Waals surface area contributed by atoms with Gasteiger partial charge in [0.25, 0.3) is 5.56 Å². The maximum Gasteiger partial charge on any atom is 0.360 e. The lowest BCUT2D eigenvalue weighted by Crippen LogP contribution is -2.27. The Hall–Kier alpha value is -2.96. The van der Waals surface area contributed by atoms with Crippen LogP contribution in [-0.2, 0) is 9.53 Å². The monoisotopic (exact) mass is 357 g/mol. The van der Waals surface area contributed by atoms with Crippen LogP contribution >= 0.6 is 0 Å². The van der Waals surface area contributed by atoms with Crippen LogP contribution in [0.3, 0.4) is 0 Å². The van der Waals surface area contributed by atoms with Gasteiger partial charge in [-0.05, 0) is 31.4 Å². The lowest BCUT2D eigenvalue weighted by molar-refractivity contribution is -0.116. The van der Waals surface area contributed by atoms with E-state index in [0.29, 0.717) is 5.69 Å². The largest absolute Gasteiger partial charge is 0.461 e. The molecule has 0 saturated carbocycles.